The Bertz CT molecular complexity index is 223. The van der Waals surface area contributed by atoms with Gasteiger partial charge in [0.15, 0.2) is 6.29 Å². The number of carboxylic acids is 1. The van der Waals surface area contributed by atoms with Crippen LogP contribution in [-0.4, -0.2) is 28.6 Å². The molecule has 0 saturated heterocycles. The molecule has 0 aliphatic carbocycles. The van der Waals surface area contributed by atoms with Crippen molar-refractivity contribution < 1.29 is 19.8 Å². The maximum atomic E-state index is 10.2. The first kappa shape index (κ1) is 14.8. The maximum absolute atomic E-state index is 10.2. The van der Waals surface area contributed by atoms with Crippen molar-refractivity contribution in [2.75, 3.05) is 0 Å². The second-order valence-electron chi connectivity index (χ2n) is 3.76. The predicted molar refractivity (Wildman–Crippen MR) is 61.2 cm³/mol. The van der Waals surface area contributed by atoms with Crippen molar-refractivity contribution in [1.82, 2.24) is 0 Å². The van der Waals surface area contributed by atoms with Gasteiger partial charge in [-0.25, -0.2) is 0 Å². The molecule has 0 saturated carbocycles. The number of carbonyl (C=O) groups excluding carboxylic acids is 1. The molecule has 4 heteroatoms. The summed E-state index contributed by atoms with van der Waals surface area (Å²) in [6.07, 6.45) is 8.71. The van der Waals surface area contributed by atoms with Crippen LogP contribution < -0.4 is 0 Å². The summed E-state index contributed by atoms with van der Waals surface area (Å²) >= 11 is 0. The molecule has 16 heavy (non-hydrogen) atoms. The van der Waals surface area contributed by atoms with Crippen molar-refractivity contribution in [3.05, 3.63) is 12.2 Å². The molecule has 0 bridgehead atoms. The van der Waals surface area contributed by atoms with E-state index < -0.39 is 12.1 Å². The molecule has 4 nitrogen and oxygen atoms in total. The van der Waals surface area contributed by atoms with Crippen LogP contribution in [0.25, 0.3) is 0 Å². The van der Waals surface area contributed by atoms with Crippen LogP contribution in [0, 0.1) is 0 Å². The number of allylic oxidation sites excluding steroid dienone is 1. The molecule has 0 rings (SSSR count). The molecule has 0 aliphatic rings. The molecule has 92 valence electrons. The highest BCUT2D eigenvalue weighted by Gasteiger charge is 1.96. The van der Waals surface area contributed by atoms with Crippen LogP contribution in [0.3, 0.4) is 0 Å². The van der Waals surface area contributed by atoms with Crippen molar-refractivity contribution >= 4 is 12.3 Å². The maximum Gasteiger partial charge on any atom is 0.303 e. The van der Waals surface area contributed by atoms with Crippen LogP contribution in [-0.2, 0) is 9.59 Å². The number of rotatable bonds is 10. The van der Waals surface area contributed by atoms with Crippen molar-refractivity contribution in [1.29, 1.82) is 0 Å². The Kier molecular flexibility index (Phi) is 9.61. The standard InChI is InChI=1S/C12H20O4/c13-10-11(14)8-6-4-2-1-3-5-7-9-12(15)16/h6,8,10-11,14H,1-5,7,9H2,(H,15,16)/b8-6-. The molecular weight excluding hydrogens is 208 g/mol. The minimum absolute atomic E-state index is 0.255. The fourth-order valence-corrected chi connectivity index (χ4v) is 1.35. The highest BCUT2D eigenvalue weighted by atomic mass is 16.4. The van der Waals surface area contributed by atoms with E-state index >= 15 is 0 Å². The van der Waals surface area contributed by atoms with Crippen LogP contribution >= 0.6 is 0 Å². The molecular formula is C12H20O4. The third-order valence-corrected chi connectivity index (χ3v) is 2.23. The van der Waals surface area contributed by atoms with Gasteiger partial charge in [-0.15, -0.1) is 0 Å². The van der Waals surface area contributed by atoms with E-state index in [1.165, 1.54) is 6.08 Å². The lowest BCUT2D eigenvalue weighted by molar-refractivity contribution is -0.137. The Morgan fingerprint density at radius 2 is 1.75 bits per heavy atom. The smallest absolute Gasteiger partial charge is 0.303 e. The summed E-state index contributed by atoms with van der Waals surface area (Å²) in [5.41, 5.74) is 0. The summed E-state index contributed by atoms with van der Waals surface area (Å²) in [4.78, 5) is 20.3. The minimum atomic E-state index is -0.976. The summed E-state index contributed by atoms with van der Waals surface area (Å²) in [7, 11) is 0. The van der Waals surface area contributed by atoms with Gasteiger partial charge in [0, 0.05) is 6.42 Å². The van der Waals surface area contributed by atoms with Crippen molar-refractivity contribution in [3.8, 4) is 0 Å². The molecule has 0 aromatic carbocycles. The molecule has 1 unspecified atom stereocenters. The summed E-state index contributed by atoms with van der Waals surface area (Å²) in [6.45, 7) is 0. The van der Waals surface area contributed by atoms with E-state index in [1.54, 1.807) is 6.08 Å². The van der Waals surface area contributed by atoms with E-state index in [1.807, 2.05) is 0 Å². The van der Waals surface area contributed by atoms with Gasteiger partial charge in [-0.2, -0.15) is 0 Å². The van der Waals surface area contributed by atoms with Gasteiger partial charge in [-0.3, -0.25) is 4.79 Å². The highest BCUT2D eigenvalue weighted by Crippen LogP contribution is 2.07. The Balaban J connectivity index is 3.18. The third-order valence-electron chi connectivity index (χ3n) is 2.23. The summed E-state index contributed by atoms with van der Waals surface area (Å²) in [5.74, 6) is -0.731. The van der Waals surface area contributed by atoms with E-state index in [-0.39, 0.29) is 6.42 Å². The van der Waals surface area contributed by atoms with Gasteiger partial charge in [0.25, 0.3) is 0 Å². The molecule has 0 aromatic heterocycles. The highest BCUT2D eigenvalue weighted by molar-refractivity contribution is 5.66. The Labute approximate surface area is 96.0 Å². The number of aliphatic hydroxyl groups excluding tert-OH is 1. The molecule has 0 aromatic rings. The minimum Gasteiger partial charge on any atom is -0.481 e. The molecule has 0 spiro atoms. The van der Waals surface area contributed by atoms with Gasteiger partial charge in [0.2, 0.25) is 0 Å². The van der Waals surface area contributed by atoms with Gasteiger partial charge in [0.05, 0.1) is 0 Å². The lowest BCUT2D eigenvalue weighted by Gasteiger charge is -1.98. The van der Waals surface area contributed by atoms with Crippen LogP contribution in [0.5, 0.6) is 0 Å². The van der Waals surface area contributed by atoms with Gasteiger partial charge in [0.1, 0.15) is 6.10 Å². The topological polar surface area (TPSA) is 74.6 Å². The van der Waals surface area contributed by atoms with Crippen LogP contribution in [0.4, 0.5) is 0 Å². The molecule has 0 radical (unpaired) electrons. The number of hydrogen-bond acceptors (Lipinski definition) is 3. The monoisotopic (exact) mass is 228 g/mol. The lowest BCUT2D eigenvalue weighted by Crippen LogP contribution is -2.01. The van der Waals surface area contributed by atoms with E-state index in [0.29, 0.717) is 6.29 Å². The largest absolute Gasteiger partial charge is 0.481 e. The molecule has 0 fully saturated rings. The van der Waals surface area contributed by atoms with Crippen LogP contribution in [0.15, 0.2) is 12.2 Å². The number of hydrogen-bond donors (Lipinski definition) is 2. The van der Waals surface area contributed by atoms with E-state index in [9.17, 15) is 9.59 Å². The first-order chi connectivity index (χ1) is 7.66. The van der Waals surface area contributed by atoms with E-state index in [0.717, 1.165) is 38.5 Å². The summed E-state index contributed by atoms with van der Waals surface area (Å²) in [5, 5.41) is 17.3. The zero-order valence-corrected chi connectivity index (χ0v) is 9.47. The second kappa shape index (κ2) is 10.4. The molecule has 2 N–H and O–H groups in total. The zero-order chi connectivity index (χ0) is 12.2. The molecule has 0 aliphatic heterocycles. The lowest BCUT2D eigenvalue weighted by atomic mass is 10.1. The number of aldehydes is 1. The normalized spacial score (nSPS) is 12.8. The first-order valence-corrected chi connectivity index (χ1v) is 5.68. The summed E-state index contributed by atoms with van der Waals surface area (Å²) in [6, 6.07) is 0. The van der Waals surface area contributed by atoms with Crippen LogP contribution in [0.2, 0.25) is 0 Å². The number of carboxylic acid groups (broad SMARTS) is 1. The summed E-state index contributed by atoms with van der Waals surface area (Å²) < 4.78 is 0. The first-order valence-electron chi connectivity index (χ1n) is 5.68. The number of aliphatic hydroxyl groups is 1. The third kappa shape index (κ3) is 10.9. The fourth-order valence-electron chi connectivity index (χ4n) is 1.35. The van der Waals surface area contributed by atoms with Gasteiger partial charge in [-0.05, 0) is 19.3 Å². The molecule has 0 heterocycles. The fraction of sp³-hybridized carbons (Fsp3) is 0.667. The Hall–Kier alpha value is -1.16. The second-order valence-corrected chi connectivity index (χ2v) is 3.76. The van der Waals surface area contributed by atoms with E-state index in [4.69, 9.17) is 10.2 Å². The SMILES string of the molecule is O=CC(O)/C=C\CCCCCCCC(=O)O. The Morgan fingerprint density at radius 3 is 2.38 bits per heavy atom. The van der Waals surface area contributed by atoms with E-state index in [2.05, 4.69) is 0 Å². The van der Waals surface area contributed by atoms with Crippen molar-refractivity contribution in [2.45, 2.75) is 51.0 Å². The Morgan fingerprint density at radius 1 is 1.12 bits per heavy atom. The number of carbonyl (C=O) groups is 2. The predicted octanol–water partition coefficient (Wildman–Crippen LogP) is 1.92. The van der Waals surface area contributed by atoms with Crippen molar-refractivity contribution in [3.63, 3.8) is 0 Å². The van der Waals surface area contributed by atoms with Crippen molar-refractivity contribution in [2.24, 2.45) is 0 Å². The van der Waals surface area contributed by atoms with Gasteiger partial charge < -0.3 is 15.0 Å². The zero-order valence-electron chi connectivity index (χ0n) is 9.47. The van der Waals surface area contributed by atoms with Gasteiger partial charge >= 0.3 is 5.97 Å². The average molecular weight is 228 g/mol. The van der Waals surface area contributed by atoms with Crippen LogP contribution in [0.1, 0.15) is 44.9 Å². The quantitative estimate of drug-likeness (QED) is 0.340. The molecule has 0 amide bonds. The van der Waals surface area contributed by atoms with Gasteiger partial charge in [-0.1, -0.05) is 31.4 Å². The number of aliphatic carboxylic acids is 1. The number of unbranched alkanes of at least 4 members (excludes halogenated alkanes) is 5. The molecule has 1 atom stereocenters. The average Bonchev–Trinajstić information content (AvgIpc) is 2.26.